The van der Waals surface area contributed by atoms with E-state index in [1.807, 2.05) is 0 Å². The number of aliphatic hydroxyl groups is 1. The molecule has 0 fully saturated rings. The van der Waals surface area contributed by atoms with Crippen molar-refractivity contribution in [2.45, 2.75) is 71.2 Å². The second-order valence-corrected chi connectivity index (χ2v) is 9.51. The Morgan fingerprint density at radius 3 is 2.17 bits per heavy atom. The van der Waals surface area contributed by atoms with Crippen molar-refractivity contribution in [2.75, 3.05) is 20.3 Å². The lowest BCUT2D eigenvalue weighted by Crippen LogP contribution is -2.60. The van der Waals surface area contributed by atoms with Gasteiger partial charge in [0, 0.05) is 11.1 Å². The maximum atomic E-state index is 13.7. The SMILES string of the molecule is CCC(C)(C)N(C(=O)C(CO)NC(=O)OC(C)(C)C)C(C(=O)NCC(=O)OC)c1ccccc1O. The third kappa shape index (κ3) is 8.43. The first-order valence-corrected chi connectivity index (χ1v) is 11.2. The van der Waals surface area contributed by atoms with E-state index in [-0.39, 0.29) is 11.3 Å². The van der Waals surface area contributed by atoms with Crippen LogP contribution >= 0.6 is 0 Å². The van der Waals surface area contributed by atoms with Crippen molar-refractivity contribution < 1.29 is 38.9 Å². The summed E-state index contributed by atoms with van der Waals surface area (Å²) < 4.78 is 9.77. The van der Waals surface area contributed by atoms with Crippen LogP contribution in [0.4, 0.5) is 4.79 Å². The Morgan fingerprint density at radius 2 is 1.69 bits per heavy atom. The van der Waals surface area contributed by atoms with Crippen molar-refractivity contribution in [3.63, 3.8) is 0 Å². The molecule has 35 heavy (non-hydrogen) atoms. The van der Waals surface area contributed by atoms with E-state index in [1.54, 1.807) is 53.7 Å². The van der Waals surface area contributed by atoms with Crippen LogP contribution in [0.15, 0.2) is 24.3 Å². The number of alkyl carbamates (subject to hydrolysis) is 1. The van der Waals surface area contributed by atoms with Crippen LogP contribution in [0, 0.1) is 0 Å². The third-order valence-electron chi connectivity index (χ3n) is 5.30. The summed E-state index contributed by atoms with van der Waals surface area (Å²) in [5, 5.41) is 25.3. The van der Waals surface area contributed by atoms with Crippen LogP contribution in [0.2, 0.25) is 0 Å². The summed E-state index contributed by atoms with van der Waals surface area (Å²) in [6, 6.07) is 3.12. The van der Waals surface area contributed by atoms with Gasteiger partial charge in [-0.2, -0.15) is 0 Å². The minimum absolute atomic E-state index is 0.0960. The van der Waals surface area contributed by atoms with Crippen molar-refractivity contribution in [2.24, 2.45) is 0 Å². The van der Waals surface area contributed by atoms with E-state index in [2.05, 4.69) is 15.4 Å². The van der Waals surface area contributed by atoms with Crippen LogP contribution in [-0.2, 0) is 23.9 Å². The molecule has 3 amide bonds. The molecular weight excluding hydrogens is 458 g/mol. The average Bonchev–Trinajstić information content (AvgIpc) is 2.77. The average molecular weight is 496 g/mol. The van der Waals surface area contributed by atoms with Gasteiger partial charge in [-0.3, -0.25) is 14.4 Å². The van der Waals surface area contributed by atoms with E-state index in [9.17, 15) is 29.4 Å². The van der Waals surface area contributed by atoms with Crippen LogP contribution in [0.25, 0.3) is 0 Å². The topological polar surface area (TPSA) is 154 Å². The molecule has 11 heteroatoms. The van der Waals surface area contributed by atoms with Crippen LogP contribution in [0.1, 0.15) is 59.6 Å². The molecule has 0 bridgehead atoms. The van der Waals surface area contributed by atoms with Crippen LogP contribution in [0.5, 0.6) is 5.75 Å². The van der Waals surface area contributed by atoms with Crippen LogP contribution in [0.3, 0.4) is 0 Å². The number of carbonyl (C=O) groups excluding carboxylic acids is 4. The summed E-state index contributed by atoms with van der Waals surface area (Å²) in [7, 11) is 1.17. The van der Waals surface area contributed by atoms with Gasteiger partial charge in [0.05, 0.1) is 13.7 Å². The fourth-order valence-corrected chi connectivity index (χ4v) is 3.19. The first kappa shape index (κ1) is 29.7. The van der Waals surface area contributed by atoms with Crippen LogP contribution in [-0.4, -0.2) is 76.4 Å². The number of methoxy groups -OCH3 is 1. The number of phenolic OH excluding ortho intramolecular Hbond substituents is 1. The zero-order valence-electron chi connectivity index (χ0n) is 21.4. The molecule has 2 unspecified atom stereocenters. The summed E-state index contributed by atoms with van der Waals surface area (Å²) in [5.74, 6) is -2.51. The second-order valence-electron chi connectivity index (χ2n) is 9.51. The van der Waals surface area contributed by atoms with Crippen molar-refractivity contribution in [1.29, 1.82) is 0 Å². The lowest BCUT2D eigenvalue weighted by atomic mass is 9.91. The molecule has 1 aromatic rings. The largest absolute Gasteiger partial charge is 0.508 e. The summed E-state index contributed by atoms with van der Waals surface area (Å²) in [4.78, 5) is 52.2. The van der Waals surface area contributed by atoms with E-state index < -0.39 is 60.3 Å². The summed E-state index contributed by atoms with van der Waals surface area (Å²) >= 11 is 0. The van der Waals surface area contributed by atoms with Gasteiger partial charge in [-0.05, 0) is 47.1 Å². The third-order valence-corrected chi connectivity index (χ3v) is 5.30. The molecular formula is C24H37N3O8. The van der Waals surface area contributed by atoms with Gasteiger partial charge in [-0.1, -0.05) is 25.1 Å². The van der Waals surface area contributed by atoms with Gasteiger partial charge in [0.25, 0.3) is 0 Å². The van der Waals surface area contributed by atoms with Crippen LogP contribution < -0.4 is 10.6 Å². The number of aromatic hydroxyl groups is 1. The number of nitrogens with zero attached hydrogens (tertiary/aromatic N) is 1. The molecule has 0 aliphatic heterocycles. The molecule has 0 spiro atoms. The van der Waals surface area contributed by atoms with E-state index in [4.69, 9.17) is 4.74 Å². The zero-order valence-corrected chi connectivity index (χ0v) is 21.4. The van der Waals surface area contributed by atoms with Crippen molar-refractivity contribution in [3.05, 3.63) is 29.8 Å². The number of carbonyl (C=O) groups is 4. The van der Waals surface area contributed by atoms with Gasteiger partial charge in [0.2, 0.25) is 11.8 Å². The Labute approximate surface area is 205 Å². The Balaban J connectivity index is 3.54. The standard InChI is InChI=1S/C24H37N3O8/c1-8-24(5,6)27(21(32)16(14-28)26-22(33)35-23(2,3)4)19(15-11-9-10-12-17(15)29)20(31)25-13-18(30)34-7/h9-12,16,19,28-29H,8,13-14H2,1-7H3,(H,25,31)(H,26,33). The van der Waals surface area contributed by atoms with Gasteiger partial charge in [0.1, 0.15) is 30.0 Å². The number of amides is 3. The second kappa shape index (κ2) is 12.4. The molecule has 1 rings (SSSR count). The molecule has 11 nitrogen and oxygen atoms in total. The van der Waals surface area contributed by atoms with Crippen molar-refractivity contribution in [1.82, 2.24) is 15.5 Å². The quantitative estimate of drug-likeness (QED) is 0.357. The molecule has 0 aliphatic carbocycles. The maximum absolute atomic E-state index is 13.7. The predicted octanol–water partition coefficient (Wildman–Crippen LogP) is 1.63. The fraction of sp³-hybridized carbons (Fsp3) is 0.583. The number of hydrogen-bond acceptors (Lipinski definition) is 8. The molecule has 0 saturated heterocycles. The normalized spacial score (nSPS) is 13.3. The Morgan fingerprint density at radius 1 is 1.09 bits per heavy atom. The first-order chi connectivity index (χ1) is 16.2. The molecule has 2 atom stereocenters. The molecule has 0 aromatic heterocycles. The van der Waals surface area contributed by atoms with Crippen molar-refractivity contribution in [3.8, 4) is 5.75 Å². The molecule has 196 valence electrons. The number of para-hydroxylation sites is 1. The van der Waals surface area contributed by atoms with E-state index in [0.717, 1.165) is 0 Å². The van der Waals surface area contributed by atoms with Gasteiger partial charge in [0.15, 0.2) is 0 Å². The first-order valence-electron chi connectivity index (χ1n) is 11.2. The van der Waals surface area contributed by atoms with Gasteiger partial charge >= 0.3 is 12.1 Å². The summed E-state index contributed by atoms with van der Waals surface area (Å²) in [6.45, 7) is 8.90. The molecule has 0 aliphatic rings. The highest BCUT2D eigenvalue weighted by molar-refractivity contribution is 5.94. The minimum atomic E-state index is -1.45. The number of phenols is 1. The zero-order chi connectivity index (χ0) is 27.0. The van der Waals surface area contributed by atoms with Gasteiger partial charge in [-0.25, -0.2) is 4.79 Å². The highest BCUT2D eigenvalue weighted by atomic mass is 16.6. The van der Waals surface area contributed by atoms with E-state index >= 15 is 0 Å². The molecule has 4 N–H and O–H groups in total. The highest BCUT2D eigenvalue weighted by Gasteiger charge is 2.43. The highest BCUT2D eigenvalue weighted by Crippen LogP contribution is 2.35. The smallest absolute Gasteiger partial charge is 0.408 e. The molecule has 0 saturated carbocycles. The lowest BCUT2D eigenvalue weighted by Gasteiger charge is -2.44. The minimum Gasteiger partial charge on any atom is -0.508 e. The molecule has 0 radical (unpaired) electrons. The van der Waals surface area contributed by atoms with Gasteiger partial charge in [-0.15, -0.1) is 0 Å². The number of rotatable bonds is 10. The number of nitrogens with one attached hydrogen (secondary N) is 2. The van der Waals surface area contributed by atoms with E-state index in [1.165, 1.54) is 24.1 Å². The number of aliphatic hydroxyl groups excluding tert-OH is 1. The molecule has 0 heterocycles. The Kier molecular flexibility index (Phi) is 10.5. The fourth-order valence-electron chi connectivity index (χ4n) is 3.19. The summed E-state index contributed by atoms with van der Waals surface area (Å²) in [5.41, 5.74) is -1.74. The predicted molar refractivity (Wildman–Crippen MR) is 127 cm³/mol. The van der Waals surface area contributed by atoms with E-state index in [0.29, 0.717) is 6.42 Å². The Hall–Kier alpha value is -3.34. The lowest BCUT2D eigenvalue weighted by molar-refractivity contribution is -0.150. The molecule has 1 aromatic carbocycles. The van der Waals surface area contributed by atoms with Crippen molar-refractivity contribution >= 4 is 23.9 Å². The number of benzene rings is 1. The number of hydrogen-bond donors (Lipinski definition) is 4. The number of esters is 1. The Bertz CT molecular complexity index is 910. The number of ether oxygens (including phenoxy) is 2. The monoisotopic (exact) mass is 495 g/mol. The maximum Gasteiger partial charge on any atom is 0.408 e. The summed E-state index contributed by atoms with van der Waals surface area (Å²) in [6.07, 6.45) is -0.550. The van der Waals surface area contributed by atoms with Gasteiger partial charge < -0.3 is 35.2 Å².